The van der Waals surface area contributed by atoms with Crippen molar-refractivity contribution >= 4 is 49.9 Å². The fraction of sp³-hybridized carbons (Fsp3) is 0.391. The summed E-state index contributed by atoms with van der Waals surface area (Å²) in [5.74, 6) is 0.393. The number of hydrogen-bond acceptors (Lipinski definition) is 7. The molecule has 2 aliphatic rings. The lowest BCUT2D eigenvalue weighted by Gasteiger charge is -2.36. The number of carbonyl (C=O) groups excluding carboxylic acids is 1. The van der Waals surface area contributed by atoms with Gasteiger partial charge in [-0.15, -0.1) is 11.3 Å². The minimum Gasteiger partial charge on any atom is -0.377 e. The number of halogens is 1. The van der Waals surface area contributed by atoms with Crippen LogP contribution in [0.4, 0.5) is 15.9 Å². The summed E-state index contributed by atoms with van der Waals surface area (Å²) >= 11 is 1.61. The molecule has 2 N–H and O–H groups in total. The number of thiophene rings is 1. The number of aromatic nitrogens is 4. The third-order valence-electron chi connectivity index (χ3n) is 6.63. The van der Waals surface area contributed by atoms with Crippen molar-refractivity contribution in [2.75, 3.05) is 25.1 Å². The van der Waals surface area contributed by atoms with E-state index in [4.69, 9.17) is 4.74 Å². The van der Waals surface area contributed by atoms with E-state index in [2.05, 4.69) is 25.5 Å². The Morgan fingerprint density at radius 1 is 1.36 bits per heavy atom. The molecule has 1 aliphatic carbocycles. The van der Waals surface area contributed by atoms with Gasteiger partial charge in [0.15, 0.2) is 0 Å². The lowest BCUT2D eigenvalue weighted by atomic mass is 9.86. The number of aryl methyl sites for hydroxylation is 1. The number of carbonyl (C=O) groups is 1. The molecule has 0 radical (unpaired) electrons. The van der Waals surface area contributed by atoms with Crippen LogP contribution in [0.1, 0.15) is 23.8 Å². The van der Waals surface area contributed by atoms with Crippen molar-refractivity contribution in [1.82, 2.24) is 25.1 Å². The highest BCUT2D eigenvalue weighted by atomic mass is 32.1. The first kappa shape index (κ1) is 20.5. The maximum atomic E-state index is 14.7. The van der Waals surface area contributed by atoms with Gasteiger partial charge in [0.05, 0.1) is 42.0 Å². The van der Waals surface area contributed by atoms with Gasteiger partial charge in [-0.25, -0.2) is 14.4 Å². The molecule has 10 heteroatoms. The number of H-pyrrole nitrogens is 1. The molecule has 6 rings (SSSR count). The van der Waals surface area contributed by atoms with Crippen LogP contribution >= 0.6 is 11.3 Å². The predicted octanol–water partition coefficient (Wildman–Crippen LogP) is 3.80. The second-order valence-electron chi connectivity index (χ2n) is 8.72. The van der Waals surface area contributed by atoms with Gasteiger partial charge >= 0.3 is 0 Å². The van der Waals surface area contributed by atoms with Gasteiger partial charge in [-0.3, -0.25) is 9.89 Å². The topological polar surface area (TPSA) is 96.0 Å². The van der Waals surface area contributed by atoms with Gasteiger partial charge in [-0.1, -0.05) is 0 Å². The van der Waals surface area contributed by atoms with Crippen molar-refractivity contribution in [2.24, 2.45) is 5.92 Å². The summed E-state index contributed by atoms with van der Waals surface area (Å²) in [6.45, 7) is 3.89. The number of amides is 1. The highest BCUT2D eigenvalue weighted by Crippen LogP contribution is 2.41. The van der Waals surface area contributed by atoms with Gasteiger partial charge in [-0.2, -0.15) is 5.10 Å². The van der Waals surface area contributed by atoms with Gasteiger partial charge in [0.1, 0.15) is 22.8 Å². The predicted molar refractivity (Wildman–Crippen MR) is 124 cm³/mol. The van der Waals surface area contributed by atoms with Crippen LogP contribution in [-0.2, 0) is 22.4 Å². The van der Waals surface area contributed by atoms with Crippen molar-refractivity contribution in [3.63, 3.8) is 0 Å². The summed E-state index contributed by atoms with van der Waals surface area (Å²) in [6.07, 6.45) is 5.42. The van der Waals surface area contributed by atoms with Crippen LogP contribution in [0.3, 0.4) is 0 Å². The summed E-state index contributed by atoms with van der Waals surface area (Å²) in [5.41, 5.74) is 2.15. The lowest BCUT2D eigenvalue weighted by molar-refractivity contribution is -0.143. The quantitative estimate of drug-likeness (QED) is 0.477. The summed E-state index contributed by atoms with van der Waals surface area (Å²) in [7, 11) is 0. The van der Waals surface area contributed by atoms with E-state index in [1.807, 2.05) is 11.8 Å². The number of benzene rings is 1. The molecule has 4 heterocycles. The SMILES string of the molecule is C[C@H]1COCCN1C(=O)[C@H]1CCc2c(sc3ncnc(Nc4cc5cn[nH]c5cc4F)c23)C1. The number of aromatic amines is 1. The zero-order chi connectivity index (χ0) is 22.5. The molecule has 0 unspecified atom stereocenters. The van der Waals surface area contributed by atoms with E-state index in [1.165, 1.54) is 22.8 Å². The van der Waals surface area contributed by atoms with E-state index < -0.39 is 0 Å². The molecule has 3 aromatic heterocycles. The zero-order valence-corrected chi connectivity index (χ0v) is 18.9. The molecule has 8 nitrogen and oxygen atoms in total. The maximum absolute atomic E-state index is 14.7. The molecule has 1 fully saturated rings. The highest BCUT2D eigenvalue weighted by molar-refractivity contribution is 7.19. The third kappa shape index (κ3) is 3.53. The Bertz CT molecular complexity index is 1370. The van der Waals surface area contributed by atoms with Gasteiger partial charge < -0.3 is 15.0 Å². The number of nitrogens with one attached hydrogen (secondary N) is 2. The van der Waals surface area contributed by atoms with E-state index in [1.54, 1.807) is 23.6 Å². The van der Waals surface area contributed by atoms with Crippen molar-refractivity contribution in [3.05, 3.63) is 40.9 Å². The lowest BCUT2D eigenvalue weighted by Crippen LogP contribution is -2.50. The van der Waals surface area contributed by atoms with Gasteiger partial charge in [-0.05, 0) is 37.8 Å². The van der Waals surface area contributed by atoms with Crippen LogP contribution in [0, 0.1) is 11.7 Å². The average molecular weight is 467 g/mol. The Balaban J connectivity index is 1.31. The number of morpholine rings is 1. The fourth-order valence-electron chi connectivity index (χ4n) is 4.89. The zero-order valence-electron chi connectivity index (χ0n) is 18.1. The molecule has 1 saturated heterocycles. The maximum Gasteiger partial charge on any atom is 0.226 e. The summed E-state index contributed by atoms with van der Waals surface area (Å²) in [5, 5.41) is 11.7. The van der Waals surface area contributed by atoms with Crippen molar-refractivity contribution < 1.29 is 13.9 Å². The second-order valence-corrected chi connectivity index (χ2v) is 9.80. The molecule has 1 amide bonds. The number of fused-ring (bicyclic) bond motifs is 4. The molecular weight excluding hydrogens is 443 g/mol. The van der Waals surface area contributed by atoms with Crippen molar-refractivity contribution in [3.8, 4) is 0 Å². The Morgan fingerprint density at radius 3 is 3.15 bits per heavy atom. The summed E-state index contributed by atoms with van der Waals surface area (Å²) in [6, 6.07) is 3.26. The minimum absolute atomic E-state index is 0.0311. The molecule has 0 bridgehead atoms. The number of hydrogen-bond donors (Lipinski definition) is 2. The Morgan fingerprint density at radius 2 is 2.27 bits per heavy atom. The smallest absolute Gasteiger partial charge is 0.226 e. The number of anilines is 2. The highest BCUT2D eigenvalue weighted by Gasteiger charge is 2.34. The first-order valence-electron chi connectivity index (χ1n) is 11.1. The third-order valence-corrected chi connectivity index (χ3v) is 7.79. The Kier molecular flexibility index (Phi) is 4.99. The van der Waals surface area contributed by atoms with E-state index in [9.17, 15) is 9.18 Å². The molecule has 33 heavy (non-hydrogen) atoms. The van der Waals surface area contributed by atoms with Crippen molar-refractivity contribution in [2.45, 2.75) is 32.2 Å². The Hall–Kier alpha value is -3.11. The molecule has 0 spiro atoms. The largest absolute Gasteiger partial charge is 0.377 e. The summed E-state index contributed by atoms with van der Waals surface area (Å²) < 4.78 is 20.2. The van der Waals surface area contributed by atoms with Crippen LogP contribution in [0.5, 0.6) is 0 Å². The van der Waals surface area contributed by atoms with Crippen LogP contribution in [-0.4, -0.2) is 56.8 Å². The van der Waals surface area contributed by atoms with Gasteiger partial charge in [0, 0.05) is 28.8 Å². The van der Waals surface area contributed by atoms with Crippen molar-refractivity contribution in [1.29, 1.82) is 0 Å². The summed E-state index contributed by atoms with van der Waals surface area (Å²) in [4.78, 5) is 26.1. The van der Waals surface area contributed by atoms with Crippen LogP contribution in [0.15, 0.2) is 24.7 Å². The van der Waals surface area contributed by atoms with E-state index >= 15 is 0 Å². The number of rotatable bonds is 3. The second kappa shape index (κ2) is 8.03. The molecule has 170 valence electrons. The monoisotopic (exact) mass is 466 g/mol. The van der Waals surface area contributed by atoms with E-state index in [0.29, 0.717) is 43.2 Å². The molecule has 4 aromatic rings. The van der Waals surface area contributed by atoms with Crippen LogP contribution in [0.2, 0.25) is 0 Å². The molecule has 1 aromatic carbocycles. The van der Waals surface area contributed by atoms with Gasteiger partial charge in [0.25, 0.3) is 0 Å². The molecule has 2 atom stereocenters. The minimum atomic E-state index is -0.382. The number of nitrogens with zero attached hydrogens (tertiary/aromatic N) is 4. The standard InChI is InChI=1S/C23H23FN6O2S/c1-12-10-32-5-4-30(12)23(31)13-2-3-15-19(7-13)33-22-20(15)21(25-11-26-22)28-18-6-14-9-27-29-17(14)8-16(18)24/h6,8-9,11-13H,2-5,7,10H2,1H3,(H,27,29)(H,25,26,28)/t12-,13-/m0/s1. The molecule has 0 saturated carbocycles. The fourth-order valence-corrected chi connectivity index (χ4v) is 6.16. The first-order chi connectivity index (χ1) is 16.1. The van der Waals surface area contributed by atoms with E-state index in [0.717, 1.165) is 28.4 Å². The van der Waals surface area contributed by atoms with Crippen LogP contribution in [0.25, 0.3) is 21.1 Å². The van der Waals surface area contributed by atoms with Gasteiger partial charge in [0.2, 0.25) is 5.91 Å². The molecular formula is C23H23FN6O2S. The Labute approximate surface area is 193 Å². The normalized spacial score (nSPS) is 20.8. The molecule has 1 aliphatic heterocycles. The van der Waals surface area contributed by atoms with E-state index in [-0.39, 0.29) is 23.7 Å². The first-order valence-corrected chi connectivity index (χ1v) is 11.9. The average Bonchev–Trinajstić information content (AvgIpc) is 3.42. The number of ether oxygens (including phenoxy) is 1. The van der Waals surface area contributed by atoms with Crippen LogP contribution < -0.4 is 5.32 Å².